The van der Waals surface area contributed by atoms with Crippen LogP contribution >= 0.6 is 11.3 Å². The number of pyridine rings is 1. The highest BCUT2D eigenvalue weighted by Gasteiger charge is 2.10. The minimum absolute atomic E-state index is 0.237. The van der Waals surface area contributed by atoms with Crippen LogP contribution < -0.4 is 5.56 Å². The van der Waals surface area contributed by atoms with E-state index in [0.717, 1.165) is 5.56 Å². The second-order valence-electron chi connectivity index (χ2n) is 2.95. The Balaban J connectivity index is 2.57. The van der Waals surface area contributed by atoms with Crippen molar-refractivity contribution in [2.24, 2.45) is 0 Å². The van der Waals surface area contributed by atoms with Gasteiger partial charge in [-0.05, 0) is 34.0 Å². The zero-order valence-electron chi connectivity index (χ0n) is 7.56. The van der Waals surface area contributed by atoms with Crippen LogP contribution in [-0.2, 0) is 0 Å². The van der Waals surface area contributed by atoms with Crippen molar-refractivity contribution >= 4 is 17.3 Å². The summed E-state index contributed by atoms with van der Waals surface area (Å²) in [5, 5.41) is 12.5. The molecule has 2 heterocycles. The number of carboxylic acid groups (broad SMARTS) is 1. The lowest BCUT2D eigenvalue weighted by Crippen LogP contribution is -2.16. The lowest BCUT2D eigenvalue weighted by atomic mass is 10.1. The number of H-pyrrole nitrogens is 1. The number of hydrogen-bond acceptors (Lipinski definition) is 3. The highest BCUT2D eigenvalue weighted by atomic mass is 32.1. The van der Waals surface area contributed by atoms with Gasteiger partial charge in [0.15, 0.2) is 0 Å². The van der Waals surface area contributed by atoms with Gasteiger partial charge in [0.2, 0.25) is 0 Å². The molecule has 2 aromatic rings. The largest absolute Gasteiger partial charge is 0.477 e. The molecule has 4 nitrogen and oxygen atoms in total. The Morgan fingerprint density at radius 2 is 2.20 bits per heavy atom. The molecule has 0 saturated carbocycles. The molecule has 5 heteroatoms. The van der Waals surface area contributed by atoms with Gasteiger partial charge in [0.05, 0.1) is 0 Å². The maximum atomic E-state index is 11.1. The van der Waals surface area contributed by atoms with Crippen LogP contribution in [0.3, 0.4) is 0 Å². The van der Waals surface area contributed by atoms with Crippen molar-refractivity contribution < 1.29 is 9.90 Å². The van der Waals surface area contributed by atoms with Crippen molar-refractivity contribution in [2.75, 3.05) is 0 Å². The van der Waals surface area contributed by atoms with Gasteiger partial charge < -0.3 is 10.1 Å². The fourth-order valence-electron chi connectivity index (χ4n) is 1.24. The van der Waals surface area contributed by atoms with Gasteiger partial charge in [-0.25, -0.2) is 4.79 Å². The SMILES string of the molecule is O=C(O)c1cc(-c2ccsc2)c[nH]c1=O. The highest BCUT2D eigenvalue weighted by Crippen LogP contribution is 2.20. The number of carbonyl (C=O) groups is 1. The minimum Gasteiger partial charge on any atom is -0.477 e. The summed E-state index contributed by atoms with van der Waals surface area (Å²) in [6.07, 6.45) is 1.51. The molecular formula is C10H7NO3S. The number of nitrogens with one attached hydrogen (secondary N) is 1. The number of carboxylic acids is 1. The van der Waals surface area contributed by atoms with E-state index in [4.69, 9.17) is 5.11 Å². The first kappa shape index (κ1) is 9.67. The average Bonchev–Trinajstić information content (AvgIpc) is 2.71. The van der Waals surface area contributed by atoms with Crippen LogP contribution in [0.1, 0.15) is 10.4 Å². The number of aromatic amines is 1. The van der Waals surface area contributed by atoms with E-state index >= 15 is 0 Å². The van der Waals surface area contributed by atoms with Gasteiger partial charge in [0.25, 0.3) is 5.56 Å². The van der Waals surface area contributed by atoms with Gasteiger partial charge in [0, 0.05) is 6.20 Å². The Bertz CT molecular complexity index is 542. The zero-order chi connectivity index (χ0) is 10.8. The number of hydrogen-bond donors (Lipinski definition) is 2. The third-order valence-corrected chi connectivity index (χ3v) is 2.67. The first-order valence-electron chi connectivity index (χ1n) is 4.17. The summed E-state index contributed by atoms with van der Waals surface area (Å²) in [7, 11) is 0. The summed E-state index contributed by atoms with van der Waals surface area (Å²) in [6.45, 7) is 0. The Hall–Kier alpha value is -1.88. The van der Waals surface area contributed by atoms with Crippen LogP contribution in [0.15, 0.2) is 33.9 Å². The highest BCUT2D eigenvalue weighted by molar-refractivity contribution is 7.08. The molecule has 76 valence electrons. The van der Waals surface area contributed by atoms with E-state index < -0.39 is 11.5 Å². The molecule has 0 bridgehead atoms. The molecule has 0 radical (unpaired) electrons. The number of aromatic nitrogens is 1. The quantitative estimate of drug-likeness (QED) is 0.812. The van der Waals surface area contributed by atoms with Crippen LogP contribution in [0.2, 0.25) is 0 Å². The van der Waals surface area contributed by atoms with Crippen LogP contribution in [0.5, 0.6) is 0 Å². The summed E-state index contributed by atoms with van der Waals surface area (Å²) < 4.78 is 0. The monoisotopic (exact) mass is 221 g/mol. The van der Waals surface area contributed by atoms with Crippen LogP contribution in [-0.4, -0.2) is 16.1 Å². The van der Waals surface area contributed by atoms with Crippen LogP contribution in [0, 0.1) is 0 Å². The average molecular weight is 221 g/mol. The molecular weight excluding hydrogens is 214 g/mol. The van der Waals surface area contributed by atoms with E-state index in [1.54, 1.807) is 0 Å². The van der Waals surface area contributed by atoms with Gasteiger partial charge in [-0.3, -0.25) is 4.79 Å². The molecule has 0 atom stereocenters. The second-order valence-corrected chi connectivity index (χ2v) is 3.73. The van der Waals surface area contributed by atoms with Gasteiger partial charge in [-0.1, -0.05) is 0 Å². The third-order valence-electron chi connectivity index (χ3n) is 1.99. The molecule has 2 aromatic heterocycles. The van der Waals surface area contributed by atoms with E-state index in [9.17, 15) is 9.59 Å². The molecule has 0 unspecified atom stereocenters. The predicted molar refractivity (Wildman–Crippen MR) is 57.3 cm³/mol. The molecule has 2 N–H and O–H groups in total. The van der Waals surface area contributed by atoms with Crippen LogP contribution in [0.25, 0.3) is 11.1 Å². The van der Waals surface area contributed by atoms with E-state index in [2.05, 4.69) is 4.98 Å². The van der Waals surface area contributed by atoms with Gasteiger partial charge in [0.1, 0.15) is 5.56 Å². The smallest absolute Gasteiger partial charge is 0.341 e. The van der Waals surface area contributed by atoms with Crippen molar-refractivity contribution in [1.29, 1.82) is 0 Å². The molecule has 0 fully saturated rings. The second kappa shape index (κ2) is 3.70. The molecule has 15 heavy (non-hydrogen) atoms. The van der Waals surface area contributed by atoms with E-state index in [1.807, 2.05) is 16.8 Å². The Morgan fingerprint density at radius 1 is 1.40 bits per heavy atom. The van der Waals surface area contributed by atoms with Gasteiger partial charge in [-0.2, -0.15) is 11.3 Å². The zero-order valence-corrected chi connectivity index (χ0v) is 8.38. The summed E-state index contributed by atoms with van der Waals surface area (Å²) >= 11 is 1.51. The van der Waals surface area contributed by atoms with E-state index in [-0.39, 0.29) is 5.56 Å². The summed E-state index contributed by atoms with van der Waals surface area (Å²) in [6, 6.07) is 3.24. The Kier molecular flexibility index (Phi) is 2.39. The fourth-order valence-corrected chi connectivity index (χ4v) is 1.90. The van der Waals surface area contributed by atoms with Crippen molar-refractivity contribution in [3.63, 3.8) is 0 Å². The van der Waals surface area contributed by atoms with Crippen molar-refractivity contribution in [1.82, 2.24) is 4.98 Å². The Labute approximate surface area is 88.8 Å². The maximum Gasteiger partial charge on any atom is 0.341 e. The van der Waals surface area contributed by atoms with E-state index in [1.165, 1.54) is 23.6 Å². The fraction of sp³-hybridized carbons (Fsp3) is 0. The van der Waals surface area contributed by atoms with E-state index in [0.29, 0.717) is 5.56 Å². The van der Waals surface area contributed by atoms with Crippen molar-refractivity contribution in [3.05, 3.63) is 45.0 Å². The van der Waals surface area contributed by atoms with Crippen LogP contribution in [0.4, 0.5) is 0 Å². The number of rotatable bonds is 2. The lowest BCUT2D eigenvalue weighted by Gasteiger charge is -1.98. The molecule has 0 aliphatic rings. The first-order chi connectivity index (χ1) is 7.18. The van der Waals surface area contributed by atoms with Gasteiger partial charge in [-0.15, -0.1) is 0 Å². The summed E-state index contributed by atoms with van der Waals surface area (Å²) in [4.78, 5) is 24.3. The molecule has 0 aromatic carbocycles. The number of aromatic carboxylic acids is 1. The first-order valence-corrected chi connectivity index (χ1v) is 5.11. The normalized spacial score (nSPS) is 10.1. The molecule has 0 saturated heterocycles. The molecule has 0 amide bonds. The Morgan fingerprint density at radius 3 is 2.80 bits per heavy atom. The summed E-state index contributed by atoms with van der Waals surface area (Å²) in [5.74, 6) is -1.21. The van der Waals surface area contributed by atoms with Crippen molar-refractivity contribution in [2.45, 2.75) is 0 Å². The lowest BCUT2D eigenvalue weighted by molar-refractivity contribution is 0.0695. The molecule has 2 rings (SSSR count). The molecule has 0 spiro atoms. The molecule has 0 aliphatic heterocycles. The predicted octanol–water partition coefficient (Wildman–Crippen LogP) is 1.80. The summed E-state index contributed by atoms with van der Waals surface area (Å²) in [5.41, 5.74) is 0.784. The van der Waals surface area contributed by atoms with Gasteiger partial charge >= 0.3 is 5.97 Å². The van der Waals surface area contributed by atoms with Crippen molar-refractivity contribution in [3.8, 4) is 11.1 Å². The third kappa shape index (κ3) is 1.82. The standard InChI is InChI=1S/C10H7NO3S/c12-9-8(10(13)14)3-7(4-11-9)6-1-2-15-5-6/h1-5H,(H,11,12)(H,13,14). The maximum absolute atomic E-state index is 11.1. The minimum atomic E-state index is -1.21. The topological polar surface area (TPSA) is 70.2 Å². The number of thiophene rings is 1. The molecule has 0 aliphatic carbocycles.